The SMILES string of the molecule is CCN(CC)C(=O)c1ccc(N2CCN(C(=O)c3ccc(-c4cncc(O)c4)c(C)c3)CC2)nn1. The van der Waals surface area contributed by atoms with Crippen LogP contribution in [0.4, 0.5) is 5.82 Å². The van der Waals surface area contributed by atoms with Crippen molar-refractivity contribution in [1.29, 1.82) is 0 Å². The number of hydrogen-bond acceptors (Lipinski definition) is 7. The van der Waals surface area contributed by atoms with Gasteiger partial charge in [-0.15, -0.1) is 10.2 Å². The summed E-state index contributed by atoms with van der Waals surface area (Å²) in [7, 11) is 0. The van der Waals surface area contributed by atoms with Crippen molar-refractivity contribution >= 4 is 17.6 Å². The van der Waals surface area contributed by atoms with Gasteiger partial charge in [0.1, 0.15) is 5.75 Å². The molecule has 4 rings (SSSR count). The smallest absolute Gasteiger partial charge is 0.274 e. The molecule has 1 saturated heterocycles. The molecule has 0 spiro atoms. The molecule has 2 amide bonds. The molecule has 1 fully saturated rings. The van der Waals surface area contributed by atoms with E-state index in [0.29, 0.717) is 56.3 Å². The molecule has 1 aromatic carbocycles. The van der Waals surface area contributed by atoms with Gasteiger partial charge in [-0.2, -0.15) is 0 Å². The molecule has 9 nitrogen and oxygen atoms in total. The van der Waals surface area contributed by atoms with Crippen LogP contribution >= 0.6 is 0 Å². The largest absolute Gasteiger partial charge is 0.506 e. The Balaban J connectivity index is 1.38. The number of carbonyl (C=O) groups is 2. The summed E-state index contributed by atoms with van der Waals surface area (Å²) < 4.78 is 0. The molecular formula is C26H30N6O3. The van der Waals surface area contributed by atoms with E-state index in [2.05, 4.69) is 20.1 Å². The molecule has 1 aliphatic rings. The fraction of sp³-hybridized carbons (Fsp3) is 0.346. The number of rotatable bonds is 6. The summed E-state index contributed by atoms with van der Waals surface area (Å²) in [5.74, 6) is 0.675. The predicted molar refractivity (Wildman–Crippen MR) is 133 cm³/mol. The van der Waals surface area contributed by atoms with Crippen molar-refractivity contribution in [3.8, 4) is 16.9 Å². The summed E-state index contributed by atoms with van der Waals surface area (Å²) in [6.45, 7) is 9.48. The maximum Gasteiger partial charge on any atom is 0.274 e. The maximum absolute atomic E-state index is 13.1. The molecule has 0 unspecified atom stereocenters. The van der Waals surface area contributed by atoms with Gasteiger partial charge in [0.25, 0.3) is 11.8 Å². The highest BCUT2D eigenvalue weighted by Crippen LogP contribution is 2.26. The van der Waals surface area contributed by atoms with E-state index in [1.54, 1.807) is 23.2 Å². The van der Waals surface area contributed by atoms with Crippen molar-refractivity contribution in [2.24, 2.45) is 0 Å². The zero-order chi connectivity index (χ0) is 24.9. The molecule has 1 N–H and O–H groups in total. The van der Waals surface area contributed by atoms with Gasteiger partial charge in [-0.25, -0.2) is 0 Å². The van der Waals surface area contributed by atoms with Gasteiger partial charge in [-0.05, 0) is 62.2 Å². The van der Waals surface area contributed by atoms with Crippen molar-refractivity contribution < 1.29 is 14.7 Å². The number of pyridine rings is 1. The second kappa shape index (κ2) is 10.5. The molecule has 3 heterocycles. The van der Waals surface area contributed by atoms with E-state index in [1.807, 2.05) is 49.9 Å². The number of aromatic nitrogens is 3. The Morgan fingerprint density at radius 2 is 1.71 bits per heavy atom. The fourth-order valence-electron chi connectivity index (χ4n) is 4.30. The third-order valence-corrected chi connectivity index (χ3v) is 6.32. The molecular weight excluding hydrogens is 444 g/mol. The number of anilines is 1. The van der Waals surface area contributed by atoms with Crippen molar-refractivity contribution in [3.63, 3.8) is 0 Å². The quantitative estimate of drug-likeness (QED) is 0.586. The lowest BCUT2D eigenvalue weighted by Crippen LogP contribution is -2.49. The van der Waals surface area contributed by atoms with Crippen LogP contribution in [0.2, 0.25) is 0 Å². The number of benzene rings is 1. The van der Waals surface area contributed by atoms with E-state index in [4.69, 9.17) is 0 Å². The Bertz CT molecular complexity index is 1200. The van der Waals surface area contributed by atoms with Crippen LogP contribution in [0.15, 0.2) is 48.8 Å². The maximum atomic E-state index is 13.1. The zero-order valence-corrected chi connectivity index (χ0v) is 20.3. The Hall–Kier alpha value is -4.01. The lowest BCUT2D eigenvalue weighted by molar-refractivity contribution is 0.0742. The van der Waals surface area contributed by atoms with E-state index in [-0.39, 0.29) is 17.6 Å². The summed E-state index contributed by atoms with van der Waals surface area (Å²) in [6.07, 6.45) is 3.08. The summed E-state index contributed by atoms with van der Waals surface area (Å²) in [5, 5.41) is 18.1. The second-order valence-corrected chi connectivity index (χ2v) is 8.49. The van der Waals surface area contributed by atoms with Crippen LogP contribution in [-0.4, -0.2) is 81.2 Å². The minimum absolute atomic E-state index is 0.0143. The molecule has 35 heavy (non-hydrogen) atoms. The highest BCUT2D eigenvalue weighted by Gasteiger charge is 2.24. The Morgan fingerprint density at radius 3 is 2.31 bits per heavy atom. The number of carbonyl (C=O) groups excluding carboxylic acids is 2. The summed E-state index contributed by atoms with van der Waals surface area (Å²) in [4.78, 5) is 35.2. The molecule has 182 valence electrons. The number of hydrogen-bond donors (Lipinski definition) is 1. The number of aromatic hydroxyl groups is 1. The van der Waals surface area contributed by atoms with Gasteiger partial charge in [0.15, 0.2) is 11.5 Å². The molecule has 0 atom stereocenters. The first kappa shape index (κ1) is 24.1. The van der Waals surface area contributed by atoms with Crippen molar-refractivity contribution in [2.45, 2.75) is 20.8 Å². The summed E-state index contributed by atoms with van der Waals surface area (Å²) >= 11 is 0. The lowest BCUT2D eigenvalue weighted by Gasteiger charge is -2.35. The highest BCUT2D eigenvalue weighted by molar-refractivity contribution is 5.95. The molecule has 0 bridgehead atoms. The number of piperazine rings is 1. The predicted octanol–water partition coefficient (Wildman–Crippen LogP) is 3.00. The number of nitrogens with zero attached hydrogens (tertiary/aromatic N) is 6. The van der Waals surface area contributed by atoms with Gasteiger partial charge < -0.3 is 19.8 Å². The van der Waals surface area contributed by atoms with Crippen LogP contribution in [0.5, 0.6) is 5.75 Å². The van der Waals surface area contributed by atoms with Crippen LogP contribution in [0.25, 0.3) is 11.1 Å². The third kappa shape index (κ3) is 5.24. The standard InChI is InChI=1S/C26H30N6O3/c1-4-30(5-2)26(35)23-8-9-24(29-28-23)31-10-12-32(13-11-31)25(34)19-6-7-22(18(3)14-19)20-15-21(33)17-27-16-20/h6-9,14-17,33H,4-5,10-13H2,1-3H3. The zero-order valence-electron chi connectivity index (χ0n) is 20.3. The lowest BCUT2D eigenvalue weighted by atomic mass is 9.99. The van der Waals surface area contributed by atoms with E-state index >= 15 is 0 Å². The van der Waals surface area contributed by atoms with Gasteiger partial charge in [0.05, 0.1) is 6.20 Å². The Labute approximate surface area is 205 Å². The minimum Gasteiger partial charge on any atom is -0.506 e. The van der Waals surface area contributed by atoms with E-state index in [0.717, 1.165) is 16.7 Å². The molecule has 0 aliphatic carbocycles. The summed E-state index contributed by atoms with van der Waals surface area (Å²) in [5.41, 5.74) is 3.65. The highest BCUT2D eigenvalue weighted by atomic mass is 16.3. The van der Waals surface area contributed by atoms with E-state index in [1.165, 1.54) is 6.20 Å². The Kier molecular flexibility index (Phi) is 7.24. The van der Waals surface area contributed by atoms with Gasteiger partial charge >= 0.3 is 0 Å². The third-order valence-electron chi connectivity index (χ3n) is 6.32. The number of amides is 2. The monoisotopic (exact) mass is 474 g/mol. The fourth-order valence-corrected chi connectivity index (χ4v) is 4.30. The first-order chi connectivity index (χ1) is 16.9. The van der Waals surface area contributed by atoms with Crippen LogP contribution < -0.4 is 4.90 Å². The molecule has 2 aromatic heterocycles. The molecule has 0 saturated carbocycles. The van der Waals surface area contributed by atoms with Crippen molar-refractivity contribution in [3.05, 3.63) is 65.6 Å². The number of aryl methyl sites for hydroxylation is 1. The topological polar surface area (TPSA) is 103 Å². The Morgan fingerprint density at radius 1 is 0.971 bits per heavy atom. The first-order valence-electron chi connectivity index (χ1n) is 11.8. The molecule has 0 radical (unpaired) electrons. The van der Waals surface area contributed by atoms with Crippen LogP contribution in [0.3, 0.4) is 0 Å². The molecule has 1 aliphatic heterocycles. The van der Waals surface area contributed by atoms with Gasteiger partial charge in [-0.1, -0.05) is 6.07 Å². The first-order valence-corrected chi connectivity index (χ1v) is 11.8. The average Bonchev–Trinajstić information content (AvgIpc) is 2.89. The normalized spacial score (nSPS) is 13.6. The van der Waals surface area contributed by atoms with Gasteiger partial charge in [0.2, 0.25) is 0 Å². The van der Waals surface area contributed by atoms with Crippen LogP contribution in [0, 0.1) is 6.92 Å². The van der Waals surface area contributed by atoms with Crippen molar-refractivity contribution in [2.75, 3.05) is 44.2 Å². The van der Waals surface area contributed by atoms with E-state index < -0.39 is 0 Å². The second-order valence-electron chi connectivity index (χ2n) is 8.49. The summed E-state index contributed by atoms with van der Waals surface area (Å²) in [6, 6.07) is 10.8. The van der Waals surface area contributed by atoms with Gasteiger partial charge in [-0.3, -0.25) is 14.6 Å². The average molecular weight is 475 g/mol. The van der Waals surface area contributed by atoms with Crippen LogP contribution in [-0.2, 0) is 0 Å². The van der Waals surface area contributed by atoms with Crippen LogP contribution in [0.1, 0.15) is 40.3 Å². The van der Waals surface area contributed by atoms with E-state index in [9.17, 15) is 14.7 Å². The van der Waals surface area contributed by atoms with Gasteiger partial charge in [0, 0.05) is 56.6 Å². The molecule has 3 aromatic rings. The van der Waals surface area contributed by atoms with Crippen molar-refractivity contribution in [1.82, 2.24) is 25.0 Å². The molecule has 9 heteroatoms. The minimum atomic E-state index is -0.119.